The SMILES string of the molecule is CCOc1cccc(-c2ccc([C@@H](Oc3cc(N4CCC5(CC4)CNC(C(=O)O)C5)nc(N)n3)C(F)(F)F)cc2)c1. The van der Waals surface area contributed by atoms with Crippen molar-refractivity contribution in [1.82, 2.24) is 15.3 Å². The van der Waals surface area contributed by atoms with Crippen molar-refractivity contribution in [3.05, 3.63) is 60.2 Å². The summed E-state index contributed by atoms with van der Waals surface area (Å²) in [5.41, 5.74) is 7.22. The topological polar surface area (TPSA) is 123 Å². The number of aromatic nitrogens is 2. The molecule has 0 aliphatic carbocycles. The number of piperidine rings is 1. The molecule has 0 amide bonds. The third kappa shape index (κ3) is 6.48. The Hall–Kier alpha value is -4.06. The van der Waals surface area contributed by atoms with E-state index in [1.807, 2.05) is 36.1 Å². The second-order valence-corrected chi connectivity index (χ2v) is 10.5. The second kappa shape index (κ2) is 11.4. The maximum Gasteiger partial charge on any atom is 0.429 e. The molecule has 1 aromatic heterocycles. The number of nitrogen functional groups attached to an aromatic ring is 1. The molecule has 2 aromatic carbocycles. The number of alkyl halides is 3. The Morgan fingerprint density at radius 1 is 1.15 bits per heavy atom. The van der Waals surface area contributed by atoms with Crippen LogP contribution in [0.3, 0.4) is 0 Å². The van der Waals surface area contributed by atoms with E-state index in [1.54, 1.807) is 12.1 Å². The predicted molar refractivity (Wildman–Crippen MR) is 147 cm³/mol. The van der Waals surface area contributed by atoms with Crippen molar-refractivity contribution >= 4 is 17.7 Å². The van der Waals surface area contributed by atoms with Gasteiger partial charge in [-0.1, -0.05) is 36.4 Å². The van der Waals surface area contributed by atoms with Gasteiger partial charge in [0.1, 0.15) is 17.6 Å². The van der Waals surface area contributed by atoms with Crippen LogP contribution in [0.1, 0.15) is 37.9 Å². The Morgan fingerprint density at radius 3 is 2.51 bits per heavy atom. The molecule has 218 valence electrons. The lowest BCUT2D eigenvalue weighted by Gasteiger charge is -2.39. The number of nitrogens with one attached hydrogen (secondary N) is 1. The smallest absolute Gasteiger partial charge is 0.429 e. The van der Waals surface area contributed by atoms with Crippen molar-refractivity contribution in [2.24, 2.45) is 5.41 Å². The Bertz CT molecular complexity index is 1380. The Kier molecular flexibility index (Phi) is 7.94. The van der Waals surface area contributed by atoms with Crippen LogP contribution in [0.2, 0.25) is 0 Å². The number of nitrogens with two attached hydrogens (primary N) is 1. The zero-order chi connectivity index (χ0) is 29.2. The molecular weight excluding hydrogens is 539 g/mol. The maximum absolute atomic E-state index is 14.2. The van der Waals surface area contributed by atoms with Gasteiger partial charge in [0.25, 0.3) is 0 Å². The Balaban J connectivity index is 1.31. The van der Waals surface area contributed by atoms with Crippen molar-refractivity contribution in [3.8, 4) is 22.8 Å². The van der Waals surface area contributed by atoms with Gasteiger partial charge in [-0.2, -0.15) is 23.1 Å². The number of anilines is 2. The van der Waals surface area contributed by atoms with Crippen LogP contribution in [0, 0.1) is 5.41 Å². The lowest BCUT2D eigenvalue weighted by atomic mass is 9.76. The molecular formula is C29H32F3N5O4. The number of nitrogens with zero attached hydrogens (tertiary/aromatic N) is 3. The largest absolute Gasteiger partial charge is 0.494 e. The maximum atomic E-state index is 14.2. The minimum absolute atomic E-state index is 0.0809. The molecule has 1 unspecified atom stereocenters. The van der Waals surface area contributed by atoms with Crippen LogP contribution in [0.4, 0.5) is 24.9 Å². The van der Waals surface area contributed by atoms with Gasteiger partial charge in [0.05, 0.1) is 6.61 Å². The fraction of sp³-hybridized carbons (Fsp3) is 0.414. The Morgan fingerprint density at radius 2 is 1.88 bits per heavy atom. The monoisotopic (exact) mass is 571 g/mol. The number of carboxylic acids is 1. The van der Waals surface area contributed by atoms with Gasteiger partial charge >= 0.3 is 12.1 Å². The van der Waals surface area contributed by atoms with Crippen LogP contribution >= 0.6 is 0 Å². The highest BCUT2D eigenvalue weighted by molar-refractivity contribution is 5.74. The molecule has 2 fully saturated rings. The number of hydrogen-bond acceptors (Lipinski definition) is 8. The summed E-state index contributed by atoms with van der Waals surface area (Å²) in [5.74, 6) is -0.294. The molecule has 2 aliphatic heterocycles. The van der Waals surface area contributed by atoms with Crippen LogP contribution in [0.5, 0.6) is 11.6 Å². The van der Waals surface area contributed by atoms with E-state index < -0.39 is 24.3 Å². The molecule has 2 saturated heterocycles. The highest BCUT2D eigenvalue weighted by atomic mass is 19.4. The number of halogens is 3. The number of hydrogen-bond donors (Lipinski definition) is 3. The summed E-state index contributed by atoms with van der Waals surface area (Å²) in [5, 5.41) is 12.4. The summed E-state index contributed by atoms with van der Waals surface area (Å²) >= 11 is 0. The van der Waals surface area contributed by atoms with Gasteiger partial charge in [-0.15, -0.1) is 0 Å². The van der Waals surface area contributed by atoms with Crippen molar-refractivity contribution in [1.29, 1.82) is 0 Å². The quantitative estimate of drug-likeness (QED) is 0.349. The highest BCUT2D eigenvalue weighted by Crippen LogP contribution is 2.41. The molecule has 12 heteroatoms. The predicted octanol–water partition coefficient (Wildman–Crippen LogP) is 4.84. The van der Waals surface area contributed by atoms with Gasteiger partial charge < -0.3 is 30.5 Å². The molecule has 4 N–H and O–H groups in total. The number of carboxylic acid groups (broad SMARTS) is 1. The van der Waals surface area contributed by atoms with E-state index in [4.69, 9.17) is 15.2 Å². The zero-order valence-electron chi connectivity index (χ0n) is 22.5. The molecule has 2 atom stereocenters. The van der Waals surface area contributed by atoms with E-state index in [1.165, 1.54) is 18.2 Å². The van der Waals surface area contributed by atoms with E-state index >= 15 is 0 Å². The first-order valence-corrected chi connectivity index (χ1v) is 13.5. The van der Waals surface area contributed by atoms with Gasteiger partial charge in [-0.3, -0.25) is 4.79 Å². The summed E-state index contributed by atoms with van der Waals surface area (Å²) in [7, 11) is 0. The van der Waals surface area contributed by atoms with Crippen molar-refractivity contribution in [2.45, 2.75) is 44.5 Å². The van der Waals surface area contributed by atoms with E-state index in [0.717, 1.165) is 24.0 Å². The third-order valence-electron chi connectivity index (χ3n) is 7.74. The first-order valence-electron chi connectivity index (χ1n) is 13.5. The molecule has 2 aliphatic rings. The van der Waals surface area contributed by atoms with Gasteiger partial charge in [-0.05, 0) is 54.9 Å². The highest BCUT2D eigenvalue weighted by Gasteiger charge is 2.45. The van der Waals surface area contributed by atoms with Crippen LogP contribution in [-0.2, 0) is 4.79 Å². The standard InChI is InChI=1S/C29H32F3N5O4/c1-2-40-21-5-3-4-20(14-21)18-6-8-19(9-7-18)25(29(30,31)32)41-24-15-23(35-27(33)36-24)37-12-10-28(11-13-37)16-22(26(38)39)34-17-28/h3-9,14-15,22,25,34H,2,10-13,16-17H2,1H3,(H,38,39)(H2,33,35,36)/t22?,25-/m1/s1. The normalized spacial score (nSPS) is 19.2. The van der Waals surface area contributed by atoms with Crippen molar-refractivity contribution in [3.63, 3.8) is 0 Å². The number of aliphatic carboxylic acids is 1. The number of benzene rings is 2. The first-order chi connectivity index (χ1) is 19.5. The van der Waals surface area contributed by atoms with E-state index in [0.29, 0.717) is 44.2 Å². The van der Waals surface area contributed by atoms with E-state index in [-0.39, 0.29) is 22.8 Å². The van der Waals surface area contributed by atoms with Gasteiger partial charge in [0.15, 0.2) is 0 Å². The van der Waals surface area contributed by atoms with Gasteiger partial charge in [0, 0.05) is 31.3 Å². The minimum atomic E-state index is -4.72. The van der Waals surface area contributed by atoms with Crippen LogP contribution < -0.4 is 25.4 Å². The average Bonchev–Trinajstić information content (AvgIpc) is 3.35. The van der Waals surface area contributed by atoms with Crippen molar-refractivity contribution in [2.75, 3.05) is 36.9 Å². The second-order valence-electron chi connectivity index (χ2n) is 10.5. The zero-order valence-corrected chi connectivity index (χ0v) is 22.5. The third-order valence-corrected chi connectivity index (χ3v) is 7.74. The summed E-state index contributed by atoms with van der Waals surface area (Å²) in [4.78, 5) is 21.4. The van der Waals surface area contributed by atoms with E-state index in [9.17, 15) is 23.1 Å². The molecule has 3 heterocycles. The van der Waals surface area contributed by atoms with Crippen molar-refractivity contribution < 1.29 is 32.5 Å². The summed E-state index contributed by atoms with van der Waals surface area (Å²) in [6.07, 6.45) is -5.01. The molecule has 9 nitrogen and oxygen atoms in total. The van der Waals surface area contributed by atoms with Gasteiger partial charge in [-0.25, -0.2) is 0 Å². The number of carbonyl (C=O) groups is 1. The molecule has 5 rings (SSSR count). The lowest BCUT2D eigenvalue weighted by Crippen LogP contribution is -2.41. The first kappa shape index (κ1) is 28.5. The minimum Gasteiger partial charge on any atom is -0.494 e. The fourth-order valence-corrected chi connectivity index (χ4v) is 5.56. The van der Waals surface area contributed by atoms with E-state index in [2.05, 4.69) is 15.3 Å². The van der Waals surface area contributed by atoms with Crippen LogP contribution in [-0.4, -0.2) is 59.5 Å². The Labute approximate surface area is 235 Å². The molecule has 0 bridgehead atoms. The fourth-order valence-electron chi connectivity index (χ4n) is 5.56. The molecule has 3 aromatic rings. The van der Waals surface area contributed by atoms with Crippen LogP contribution in [0.25, 0.3) is 11.1 Å². The van der Waals surface area contributed by atoms with Gasteiger partial charge in [0.2, 0.25) is 17.9 Å². The van der Waals surface area contributed by atoms with Crippen LogP contribution in [0.15, 0.2) is 54.6 Å². The average molecular weight is 572 g/mol. The molecule has 0 radical (unpaired) electrons. The summed E-state index contributed by atoms with van der Waals surface area (Å²) in [6, 6.07) is 14.1. The lowest BCUT2D eigenvalue weighted by molar-refractivity contribution is -0.198. The number of rotatable bonds is 8. The molecule has 0 saturated carbocycles. The molecule has 1 spiro atoms. The molecule has 41 heavy (non-hydrogen) atoms. The number of ether oxygens (including phenoxy) is 2. The summed E-state index contributed by atoms with van der Waals surface area (Å²) in [6.45, 7) is 4.10. The summed E-state index contributed by atoms with van der Waals surface area (Å²) < 4.78 is 53.5.